The molecule has 1 N–H and O–H groups in total. The van der Waals surface area contributed by atoms with Gasteiger partial charge in [-0.1, -0.05) is 36.0 Å². The number of aliphatic imine (C=N–C) groups is 1. The molecule has 2 aromatic carbocycles. The highest BCUT2D eigenvalue weighted by atomic mass is 32.2. The lowest BCUT2D eigenvalue weighted by molar-refractivity contribution is -0.130. The molecule has 8 heteroatoms. The number of thioether (sulfide) groups is 1. The van der Waals surface area contributed by atoms with E-state index in [0.29, 0.717) is 28.9 Å². The van der Waals surface area contributed by atoms with Crippen molar-refractivity contribution in [2.75, 3.05) is 26.1 Å². The molecule has 0 aromatic heterocycles. The minimum absolute atomic E-state index is 0.0612. The second kappa shape index (κ2) is 10.3. The lowest BCUT2D eigenvalue weighted by Crippen LogP contribution is -2.42. The smallest absolute Gasteiger partial charge is 0.243 e. The molecule has 0 aliphatic carbocycles. The van der Waals surface area contributed by atoms with Gasteiger partial charge < -0.3 is 14.8 Å². The topological polar surface area (TPSA) is 80.2 Å². The molecule has 0 bridgehead atoms. The first-order valence-corrected chi connectivity index (χ1v) is 10.5. The Balaban J connectivity index is 1.80. The maximum atomic E-state index is 13.1. The van der Waals surface area contributed by atoms with Crippen LogP contribution >= 0.6 is 11.8 Å². The van der Waals surface area contributed by atoms with Crippen LogP contribution in [0.3, 0.4) is 0 Å². The highest BCUT2D eigenvalue weighted by molar-refractivity contribution is 8.15. The molecule has 1 heterocycles. The Kier molecular flexibility index (Phi) is 7.48. The van der Waals surface area contributed by atoms with Crippen molar-refractivity contribution in [3.05, 3.63) is 54.6 Å². The quantitative estimate of drug-likeness (QED) is 0.695. The number of carbonyl (C=O) groups excluding carboxylic acids is 2. The van der Waals surface area contributed by atoms with Crippen LogP contribution in [-0.4, -0.2) is 54.0 Å². The Hall–Kier alpha value is -2.84. The first kappa shape index (κ1) is 21.9. The van der Waals surface area contributed by atoms with Crippen LogP contribution in [0.5, 0.6) is 5.75 Å². The Morgan fingerprint density at radius 3 is 2.67 bits per heavy atom. The van der Waals surface area contributed by atoms with Crippen LogP contribution < -0.4 is 10.1 Å². The molecule has 7 nitrogen and oxygen atoms in total. The van der Waals surface area contributed by atoms with E-state index in [0.717, 1.165) is 0 Å². The largest absolute Gasteiger partial charge is 0.497 e. The zero-order valence-corrected chi connectivity index (χ0v) is 18.0. The molecule has 0 unspecified atom stereocenters. The van der Waals surface area contributed by atoms with Gasteiger partial charge in [0, 0.05) is 25.3 Å². The third-order valence-corrected chi connectivity index (χ3v) is 5.67. The van der Waals surface area contributed by atoms with Gasteiger partial charge in [-0.05, 0) is 31.2 Å². The maximum absolute atomic E-state index is 13.1. The zero-order valence-electron chi connectivity index (χ0n) is 17.2. The van der Waals surface area contributed by atoms with E-state index in [4.69, 9.17) is 9.47 Å². The number of hydrogen-bond donors (Lipinski definition) is 1. The average molecular weight is 428 g/mol. The summed E-state index contributed by atoms with van der Waals surface area (Å²) in [7, 11) is 3.18. The van der Waals surface area contributed by atoms with E-state index in [1.165, 1.54) is 11.8 Å². The van der Waals surface area contributed by atoms with Crippen LogP contribution in [0.2, 0.25) is 0 Å². The number of nitrogens with one attached hydrogen (secondary N) is 1. The number of hydrogen-bond acceptors (Lipinski definition) is 6. The average Bonchev–Trinajstić information content (AvgIpc) is 3.03. The molecule has 158 valence electrons. The first-order valence-electron chi connectivity index (χ1n) is 9.58. The maximum Gasteiger partial charge on any atom is 0.243 e. The van der Waals surface area contributed by atoms with E-state index in [2.05, 4.69) is 10.3 Å². The minimum atomic E-state index is -0.544. The van der Waals surface area contributed by atoms with E-state index in [1.807, 2.05) is 55.5 Å². The number of carbonyl (C=O) groups is 2. The molecule has 1 fully saturated rings. The Morgan fingerprint density at radius 1 is 1.20 bits per heavy atom. The third-order valence-electron chi connectivity index (χ3n) is 4.52. The molecular weight excluding hydrogens is 402 g/mol. The van der Waals surface area contributed by atoms with Gasteiger partial charge in [-0.25, -0.2) is 4.99 Å². The highest BCUT2D eigenvalue weighted by Crippen LogP contribution is 2.34. The summed E-state index contributed by atoms with van der Waals surface area (Å²) in [4.78, 5) is 31.9. The number of amides is 2. The van der Waals surface area contributed by atoms with Gasteiger partial charge in [-0.2, -0.15) is 0 Å². The lowest BCUT2D eigenvalue weighted by Gasteiger charge is -2.23. The number of nitrogens with zero attached hydrogens (tertiary/aromatic N) is 2. The fourth-order valence-corrected chi connectivity index (χ4v) is 4.35. The van der Waals surface area contributed by atoms with E-state index < -0.39 is 5.25 Å². The molecule has 0 radical (unpaired) electrons. The van der Waals surface area contributed by atoms with Gasteiger partial charge in [0.25, 0.3) is 0 Å². The lowest BCUT2D eigenvalue weighted by atomic mass is 10.2. The van der Waals surface area contributed by atoms with Gasteiger partial charge in [0.15, 0.2) is 5.17 Å². The van der Waals surface area contributed by atoms with Crippen LogP contribution in [0.15, 0.2) is 59.6 Å². The van der Waals surface area contributed by atoms with Crippen LogP contribution in [0.4, 0.5) is 11.4 Å². The first-order chi connectivity index (χ1) is 14.5. The highest BCUT2D eigenvalue weighted by Gasteiger charge is 2.41. The van der Waals surface area contributed by atoms with Crippen molar-refractivity contribution in [1.82, 2.24) is 4.90 Å². The Morgan fingerprint density at radius 2 is 1.97 bits per heavy atom. The summed E-state index contributed by atoms with van der Waals surface area (Å²) >= 11 is 1.30. The third kappa shape index (κ3) is 5.40. The van der Waals surface area contributed by atoms with Crippen molar-refractivity contribution in [1.29, 1.82) is 0 Å². The van der Waals surface area contributed by atoms with Crippen molar-refractivity contribution >= 4 is 40.1 Å². The van der Waals surface area contributed by atoms with Crippen molar-refractivity contribution in [2.24, 2.45) is 4.99 Å². The standard InChI is InChI=1S/C22H25N3O4S/c1-15(14-28-2)25-21(27)19(13-20(26)23-16-8-5-4-6-9-16)30-22(25)24-17-10-7-11-18(12-17)29-3/h4-12,15,19H,13-14H2,1-3H3,(H,23,26)/t15-,19+/m0/s1. The van der Waals surface area contributed by atoms with Crippen LogP contribution in [0.25, 0.3) is 0 Å². The molecule has 3 rings (SSSR count). The zero-order chi connectivity index (χ0) is 21.5. The molecule has 1 aliphatic heterocycles. The molecule has 1 aliphatic rings. The van der Waals surface area contributed by atoms with Crippen LogP contribution in [0, 0.1) is 0 Å². The Labute approximate surface area is 180 Å². The summed E-state index contributed by atoms with van der Waals surface area (Å²) in [5, 5.41) is 2.84. The summed E-state index contributed by atoms with van der Waals surface area (Å²) < 4.78 is 10.5. The van der Waals surface area contributed by atoms with Gasteiger partial charge in [-0.3, -0.25) is 14.5 Å². The monoisotopic (exact) mass is 427 g/mol. The Bertz CT molecular complexity index is 920. The molecule has 2 aromatic rings. The molecule has 30 heavy (non-hydrogen) atoms. The van der Waals surface area contributed by atoms with Gasteiger partial charge in [0.05, 0.1) is 25.4 Å². The predicted octanol–water partition coefficient (Wildman–Crippen LogP) is 3.69. The molecule has 0 saturated carbocycles. The van der Waals surface area contributed by atoms with Crippen molar-refractivity contribution in [3.8, 4) is 5.75 Å². The van der Waals surface area contributed by atoms with Crippen molar-refractivity contribution < 1.29 is 19.1 Å². The molecule has 0 spiro atoms. The van der Waals surface area contributed by atoms with E-state index in [1.54, 1.807) is 25.2 Å². The number of ether oxygens (including phenoxy) is 2. The predicted molar refractivity (Wildman–Crippen MR) is 119 cm³/mol. The minimum Gasteiger partial charge on any atom is -0.497 e. The fourth-order valence-electron chi connectivity index (χ4n) is 3.11. The molecule has 2 amide bonds. The van der Waals surface area contributed by atoms with Crippen LogP contribution in [0.1, 0.15) is 13.3 Å². The van der Waals surface area contributed by atoms with Gasteiger partial charge in [0.2, 0.25) is 11.8 Å². The van der Waals surface area contributed by atoms with Crippen molar-refractivity contribution in [2.45, 2.75) is 24.6 Å². The number of para-hydroxylation sites is 1. The number of rotatable bonds is 8. The molecular formula is C22H25N3O4S. The van der Waals surface area contributed by atoms with E-state index in [9.17, 15) is 9.59 Å². The van der Waals surface area contributed by atoms with Crippen molar-refractivity contribution in [3.63, 3.8) is 0 Å². The molecule has 2 atom stereocenters. The van der Waals surface area contributed by atoms with Gasteiger partial charge in [-0.15, -0.1) is 0 Å². The summed E-state index contributed by atoms with van der Waals surface area (Å²) in [5.41, 5.74) is 1.38. The fraction of sp³-hybridized carbons (Fsp3) is 0.318. The number of benzene rings is 2. The number of anilines is 1. The van der Waals surface area contributed by atoms with Crippen LogP contribution in [-0.2, 0) is 14.3 Å². The normalized spacial score (nSPS) is 18.5. The second-order valence-electron chi connectivity index (χ2n) is 6.83. The SMILES string of the molecule is COC[C@H](C)N1C(=O)[C@@H](CC(=O)Nc2ccccc2)SC1=Nc1cccc(OC)c1. The van der Waals surface area contributed by atoms with Gasteiger partial charge in [0.1, 0.15) is 11.0 Å². The van der Waals surface area contributed by atoms with E-state index in [-0.39, 0.29) is 24.3 Å². The summed E-state index contributed by atoms with van der Waals surface area (Å²) in [6.45, 7) is 2.27. The number of amidine groups is 1. The summed E-state index contributed by atoms with van der Waals surface area (Å²) in [6, 6.07) is 16.3. The summed E-state index contributed by atoms with van der Waals surface area (Å²) in [6.07, 6.45) is 0.0612. The van der Waals surface area contributed by atoms with E-state index >= 15 is 0 Å². The van der Waals surface area contributed by atoms with Gasteiger partial charge >= 0.3 is 0 Å². The second-order valence-corrected chi connectivity index (χ2v) is 8.00. The number of methoxy groups -OCH3 is 2. The molecule has 1 saturated heterocycles. The summed E-state index contributed by atoms with van der Waals surface area (Å²) in [5.74, 6) is 0.324.